The van der Waals surface area contributed by atoms with Crippen LogP contribution in [0.3, 0.4) is 0 Å². The third-order valence-electron chi connectivity index (χ3n) is 2.35. The fourth-order valence-electron chi connectivity index (χ4n) is 1.43. The Hall–Kier alpha value is -1.16. The van der Waals surface area contributed by atoms with E-state index in [1.54, 1.807) is 13.2 Å². The van der Waals surface area contributed by atoms with Gasteiger partial charge in [0.2, 0.25) is 0 Å². The van der Waals surface area contributed by atoms with Crippen molar-refractivity contribution in [3.63, 3.8) is 0 Å². The molecule has 0 aromatic carbocycles. The van der Waals surface area contributed by atoms with Crippen LogP contribution in [0.4, 0.5) is 0 Å². The van der Waals surface area contributed by atoms with Gasteiger partial charge in [-0.15, -0.1) is 0 Å². The van der Waals surface area contributed by atoms with Gasteiger partial charge in [-0.05, 0) is 12.8 Å². The Kier molecular flexibility index (Phi) is 2.63. The SMILES string of the molecule is COCCc1nc(C2CC2)cc(=O)[nH]1. The van der Waals surface area contributed by atoms with Crippen LogP contribution in [0.2, 0.25) is 0 Å². The maximum atomic E-state index is 11.3. The molecular weight excluding hydrogens is 180 g/mol. The summed E-state index contributed by atoms with van der Waals surface area (Å²) in [5, 5.41) is 0. The Morgan fingerprint density at radius 3 is 3.07 bits per heavy atom. The number of rotatable bonds is 4. The smallest absolute Gasteiger partial charge is 0.251 e. The van der Waals surface area contributed by atoms with Gasteiger partial charge in [0.1, 0.15) is 5.82 Å². The standard InChI is InChI=1S/C10H14N2O2/c1-14-5-4-9-11-8(7-2-3-7)6-10(13)12-9/h6-7H,2-5H2,1H3,(H,11,12,13). The molecule has 1 aromatic heterocycles. The van der Waals surface area contributed by atoms with Gasteiger partial charge in [-0.25, -0.2) is 4.98 Å². The first-order valence-corrected chi connectivity index (χ1v) is 4.88. The molecule has 0 unspecified atom stereocenters. The van der Waals surface area contributed by atoms with E-state index in [1.807, 2.05) is 0 Å². The Bertz CT molecular complexity index is 369. The highest BCUT2D eigenvalue weighted by Gasteiger charge is 2.25. The van der Waals surface area contributed by atoms with Crippen molar-refractivity contribution >= 4 is 0 Å². The topological polar surface area (TPSA) is 55.0 Å². The molecule has 0 spiro atoms. The fraction of sp³-hybridized carbons (Fsp3) is 0.600. The summed E-state index contributed by atoms with van der Waals surface area (Å²) in [4.78, 5) is 18.4. The second-order valence-electron chi connectivity index (χ2n) is 3.63. The average Bonchev–Trinajstić information content (AvgIpc) is 2.97. The molecule has 0 atom stereocenters. The summed E-state index contributed by atoms with van der Waals surface area (Å²) in [5.74, 6) is 1.26. The van der Waals surface area contributed by atoms with Gasteiger partial charge in [0.15, 0.2) is 0 Å². The van der Waals surface area contributed by atoms with Gasteiger partial charge in [-0.2, -0.15) is 0 Å². The molecule has 0 amide bonds. The zero-order chi connectivity index (χ0) is 9.97. The number of methoxy groups -OCH3 is 1. The summed E-state index contributed by atoms with van der Waals surface area (Å²) in [6, 6.07) is 1.61. The number of aromatic amines is 1. The van der Waals surface area contributed by atoms with E-state index in [4.69, 9.17) is 4.74 Å². The fourth-order valence-corrected chi connectivity index (χ4v) is 1.43. The zero-order valence-electron chi connectivity index (χ0n) is 8.25. The lowest BCUT2D eigenvalue weighted by Gasteiger charge is -2.02. The Morgan fingerprint density at radius 2 is 2.43 bits per heavy atom. The monoisotopic (exact) mass is 194 g/mol. The van der Waals surface area contributed by atoms with Crippen LogP contribution >= 0.6 is 0 Å². The van der Waals surface area contributed by atoms with Crippen LogP contribution in [0.15, 0.2) is 10.9 Å². The maximum absolute atomic E-state index is 11.3. The highest BCUT2D eigenvalue weighted by molar-refractivity contribution is 5.14. The van der Waals surface area contributed by atoms with Gasteiger partial charge in [-0.3, -0.25) is 4.79 Å². The predicted octanol–water partition coefficient (Wildman–Crippen LogP) is 0.836. The van der Waals surface area contributed by atoms with Crippen molar-refractivity contribution in [2.45, 2.75) is 25.2 Å². The predicted molar refractivity (Wildman–Crippen MR) is 52.4 cm³/mol. The summed E-state index contributed by atoms with van der Waals surface area (Å²) in [6.07, 6.45) is 3.01. The van der Waals surface area contributed by atoms with Crippen LogP contribution in [-0.4, -0.2) is 23.7 Å². The van der Waals surface area contributed by atoms with Gasteiger partial charge >= 0.3 is 0 Å². The van der Waals surface area contributed by atoms with E-state index in [0.717, 1.165) is 11.5 Å². The number of nitrogens with one attached hydrogen (secondary N) is 1. The minimum atomic E-state index is -0.0481. The number of ether oxygens (including phenoxy) is 1. The van der Waals surface area contributed by atoms with Crippen LogP contribution < -0.4 is 5.56 Å². The largest absolute Gasteiger partial charge is 0.384 e. The van der Waals surface area contributed by atoms with E-state index < -0.39 is 0 Å². The molecule has 1 aromatic rings. The van der Waals surface area contributed by atoms with E-state index in [9.17, 15) is 4.79 Å². The first-order chi connectivity index (χ1) is 6.79. The molecule has 1 N–H and O–H groups in total. The minimum Gasteiger partial charge on any atom is -0.384 e. The first kappa shape index (κ1) is 9.40. The highest BCUT2D eigenvalue weighted by atomic mass is 16.5. The van der Waals surface area contributed by atoms with Crippen molar-refractivity contribution in [1.29, 1.82) is 0 Å². The number of aromatic nitrogens is 2. The molecule has 0 aliphatic heterocycles. The molecule has 1 aliphatic rings. The molecule has 0 saturated heterocycles. The number of hydrogen-bond donors (Lipinski definition) is 1. The lowest BCUT2D eigenvalue weighted by Crippen LogP contribution is -2.13. The molecule has 76 valence electrons. The quantitative estimate of drug-likeness (QED) is 0.772. The van der Waals surface area contributed by atoms with Crippen LogP contribution in [0.5, 0.6) is 0 Å². The summed E-state index contributed by atoms with van der Waals surface area (Å²) in [6.45, 7) is 0.594. The molecule has 1 aliphatic carbocycles. The second-order valence-corrected chi connectivity index (χ2v) is 3.63. The van der Waals surface area contributed by atoms with E-state index >= 15 is 0 Å². The van der Waals surface area contributed by atoms with Gasteiger partial charge in [0, 0.05) is 25.5 Å². The molecule has 14 heavy (non-hydrogen) atoms. The van der Waals surface area contributed by atoms with Crippen LogP contribution in [0.1, 0.15) is 30.3 Å². The summed E-state index contributed by atoms with van der Waals surface area (Å²) >= 11 is 0. The molecule has 4 nitrogen and oxygen atoms in total. The Labute approximate surface area is 82.3 Å². The summed E-state index contributed by atoms with van der Waals surface area (Å²) < 4.78 is 4.94. The van der Waals surface area contributed by atoms with Gasteiger partial charge in [-0.1, -0.05) is 0 Å². The second kappa shape index (κ2) is 3.92. The van der Waals surface area contributed by atoms with Gasteiger partial charge < -0.3 is 9.72 Å². The highest BCUT2D eigenvalue weighted by Crippen LogP contribution is 2.38. The molecule has 1 fully saturated rings. The molecule has 1 saturated carbocycles. The lowest BCUT2D eigenvalue weighted by molar-refractivity contribution is 0.200. The van der Waals surface area contributed by atoms with Gasteiger partial charge in [0.25, 0.3) is 5.56 Å². The van der Waals surface area contributed by atoms with E-state index in [0.29, 0.717) is 18.9 Å². The molecule has 0 bridgehead atoms. The Balaban J connectivity index is 2.18. The molecular formula is C10H14N2O2. The van der Waals surface area contributed by atoms with Crippen LogP contribution in [0, 0.1) is 0 Å². The van der Waals surface area contributed by atoms with Crippen molar-refractivity contribution in [2.24, 2.45) is 0 Å². The first-order valence-electron chi connectivity index (χ1n) is 4.88. The van der Waals surface area contributed by atoms with E-state index in [2.05, 4.69) is 9.97 Å². The van der Waals surface area contributed by atoms with E-state index in [1.165, 1.54) is 12.8 Å². The van der Waals surface area contributed by atoms with Crippen molar-refractivity contribution < 1.29 is 4.74 Å². The molecule has 4 heteroatoms. The average molecular weight is 194 g/mol. The van der Waals surface area contributed by atoms with Crippen LogP contribution in [0.25, 0.3) is 0 Å². The van der Waals surface area contributed by atoms with Crippen molar-refractivity contribution in [3.05, 3.63) is 27.9 Å². The van der Waals surface area contributed by atoms with Crippen molar-refractivity contribution in [3.8, 4) is 0 Å². The third kappa shape index (κ3) is 2.20. The molecule has 2 rings (SSSR count). The van der Waals surface area contributed by atoms with Crippen molar-refractivity contribution in [2.75, 3.05) is 13.7 Å². The number of H-pyrrole nitrogens is 1. The summed E-state index contributed by atoms with van der Waals surface area (Å²) in [7, 11) is 1.64. The number of hydrogen-bond acceptors (Lipinski definition) is 3. The summed E-state index contributed by atoms with van der Waals surface area (Å²) in [5.41, 5.74) is 0.896. The van der Waals surface area contributed by atoms with E-state index in [-0.39, 0.29) is 5.56 Å². The Morgan fingerprint density at radius 1 is 1.64 bits per heavy atom. The van der Waals surface area contributed by atoms with Crippen LogP contribution in [-0.2, 0) is 11.2 Å². The minimum absolute atomic E-state index is 0.0481. The molecule has 1 heterocycles. The normalized spacial score (nSPS) is 15.8. The van der Waals surface area contributed by atoms with Crippen molar-refractivity contribution in [1.82, 2.24) is 9.97 Å². The zero-order valence-corrected chi connectivity index (χ0v) is 8.25. The maximum Gasteiger partial charge on any atom is 0.251 e. The lowest BCUT2D eigenvalue weighted by atomic mass is 10.2. The molecule has 0 radical (unpaired) electrons. The number of nitrogens with zero attached hydrogens (tertiary/aromatic N) is 1. The third-order valence-corrected chi connectivity index (χ3v) is 2.35. The van der Waals surface area contributed by atoms with Gasteiger partial charge in [0.05, 0.1) is 12.3 Å².